The minimum absolute atomic E-state index is 0.0112. The van der Waals surface area contributed by atoms with Gasteiger partial charge >= 0.3 is 0 Å². The average Bonchev–Trinajstić information content (AvgIpc) is 2.71. The van der Waals surface area contributed by atoms with Crippen molar-refractivity contribution in [1.29, 1.82) is 0 Å². The van der Waals surface area contributed by atoms with Crippen LogP contribution in [-0.4, -0.2) is 14.3 Å². The summed E-state index contributed by atoms with van der Waals surface area (Å²) in [6.45, 7) is 1.65. The van der Waals surface area contributed by atoms with Crippen LogP contribution in [0.4, 0.5) is 8.78 Å². The lowest BCUT2D eigenvalue weighted by Gasteiger charge is -2.12. The molecule has 0 aliphatic carbocycles. The van der Waals surface area contributed by atoms with Gasteiger partial charge < -0.3 is 5.32 Å². The molecule has 0 atom stereocenters. The molecule has 156 valence electrons. The van der Waals surface area contributed by atoms with Crippen LogP contribution in [-0.2, 0) is 23.1 Å². The first-order valence-electron chi connectivity index (χ1n) is 9.12. The van der Waals surface area contributed by atoms with Gasteiger partial charge in [0, 0.05) is 24.7 Å². The van der Waals surface area contributed by atoms with Gasteiger partial charge in [0.25, 0.3) is 5.91 Å². The molecule has 0 bridgehead atoms. The summed E-state index contributed by atoms with van der Waals surface area (Å²) in [7, 11) is -3.85. The number of carbonyl (C=O) groups is 1. The van der Waals surface area contributed by atoms with Crippen molar-refractivity contribution in [2.24, 2.45) is 0 Å². The van der Waals surface area contributed by atoms with Crippen LogP contribution < -0.4 is 10.0 Å². The first-order chi connectivity index (χ1) is 14.2. The smallest absolute Gasteiger partial charge is 0.251 e. The van der Waals surface area contributed by atoms with E-state index in [-0.39, 0.29) is 29.1 Å². The van der Waals surface area contributed by atoms with Gasteiger partial charge in [0.15, 0.2) is 0 Å². The summed E-state index contributed by atoms with van der Waals surface area (Å²) in [5, 5.41) is 2.54. The van der Waals surface area contributed by atoms with E-state index >= 15 is 0 Å². The number of benzene rings is 3. The van der Waals surface area contributed by atoms with Gasteiger partial charge in [-0.3, -0.25) is 4.79 Å². The fraction of sp³-hybridized carbons (Fsp3) is 0.136. The number of halogens is 2. The van der Waals surface area contributed by atoms with Crippen molar-refractivity contribution >= 4 is 15.9 Å². The first-order valence-corrected chi connectivity index (χ1v) is 10.6. The van der Waals surface area contributed by atoms with Crippen molar-refractivity contribution in [2.45, 2.75) is 24.9 Å². The third-order valence-corrected chi connectivity index (χ3v) is 5.97. The lowest BCUT2D eigenvalue weighted by atomic mass is 10.1. The van der Waals surface area contributed by atoms with Crippen molar-refractivity contribution in [3.8, 4) is 0 Å². The fourth-order valence-electron chi connectivity index (χ4n) is 2.88. The second kappa shape index (κ2) is 9.15. The molecule has 0 heterocycles. The summed E-state index contributed by atoms with van der Waals surface area (Å²) in [6, 6.07) is 16.3. The number of nitrogens with one attached hydrogen (secondary N) is 2. The average molecular weight is 430 g/mol. The molecule has 0 aliphatic heterocycles. The van der Waals surface area contributed by atoms with Gasteiger partial charge in [0.1, 0.15) is 11.6 Å². The van der Waals surface area contributed by atoms with Crippen LogP contribution in [0, 0.1) is 18.6 Å². The van der Waals surface area contributed by atoms with Crippen molar-refractivity contribution in [3.63, 3.8) is 0 Å². The Kier molecular flexibility index (Phi) is 6.59. The maximum Gasteiger partial charge on any atom is 0.251 e. The molecule has 30 heavy (non-hydrogen) atoms. The molecule has 0 unspecified atom stereocenters. The normalized spacial score (nSPS) is 11.3. The van der Waals surface area contributed by atoms with Crippen LogP contribution in [0.25, 0.3) is 0 Å². The SMILES string of the molecule is Cc1ccc(C(=O)NCc2cc(F)cc(F)c2)cc1S(=O)(=O)NCc1ccccc1. The molecule has 0 aromatic heterocycles. The van der Waals surface area contributed by atoms with Crippen LogP contribution >= 0.6 is 0 Å². The van der Waals surface area contributed by atoms with E-state index in [0.717, 1.165) is 23.8 Å². The maximum absolute atomic E-state index is 13.3. The Morgan fingerprint density at radius 3 is 2.20 bits per heavy atom. The van der Waals surface area contributed by atoms with Crippen molar-refractivity contribution in [3.05, 3.63) is 101 Å². The summed E-state index contributed by atoms with van der Waals surface area (Å²) in [5.41, 5.74) is 1.66. The van der Waals surface area contributed by atoms with Gasteiger partial charge in [0.05, 0.1) is 4.90 Å². The largest absolute Gasteiger partial charge is 0.348 e. The van der Waals surface area contributed by atoms with Crippen LogP contribution in [0.5, 0.6) is 0 Å². The zero-order valence-electron chi connectivity index (χ0n) is 16.2. The van der Waals surface area contributed by atoms with E-state index in [1.807, 2.05) is 18.2 Å². The third-order valence-electron chi connectivity index (χ3n) is 4.42. The third kappa shape index (κ3) is 5.49. The molecule has 0 aliphatic rings. The van der Waals surface area contributed by atoms with Crippen molar-refractivity contribution < 1.29 is 22.0 Å². The predicted octanol–water partition coefficient (Wildman–Crippen LogP) is 3.68. The van der Waals surface area contributed by atoms with E-state index in [9.17, 15) is 22.0 Å². The molecule has 0 saturated carbocycles. The first kappa shape index (κ1) is 21.6. The lowest BCUT2D eigenvalue weighted by molar-refractivity contribution is 0.0950. The van der Waals surface area contributed by atoms with E-state index < -0.39 is 27.6 Å². The molecular weight excluding hydrogens is 410 g/mol. The number of carbonyl (C=O) groups excluding carboxylic acids is 1. The monoisotopic (exact) mass is 430 g/mol. The number of sulfonamides is 1. The molecule has 1 amide bonds. The molecule has 0 saturated heterocycles. The number of hydrogen-bond donors (Lipinski definition) is 2. The van der Waals surface area contributed by atoms with E-state index in [1.165, 1.54) is 18.2 Å². The molecule has 3 aromatic carbocycles. The maximum atomic E-state index is 13.3. The molecule has 3 aromatic rings. The molecule has 0 radical (unpaired) electrons. The molecule has 8 heteroatoms. The second-order valence-corrected chi connectivity index (χ2v) is 8.49. The topological polar surface area (TPSA) is 75.3 Å². The summed E-state index contributed by atoms with van der Waals surface area (Å²) in [6.07, 6.45) is 0. The Bertz CT molecular complexity index is 1150. The zero-order valence-corrected chi connectivity index (χ0v) is 17.0. The Morgan fingerprint density at radius 2 is 1.53 bits per heavy atom. The minimum atomic E-state index is -3.85. The second-order valence-electron chi connectivity index (χ2n) is 6.75. The van der Waals surface area contributed by atoms with Crippen LogP contribution in [0.2, 0.25) is 0 Å². The van der Waals surface area contributed by atoms with Gasteiger partial charge in [-0.1, -0.05) is 36.4 Å². The molecular formula is C22H20F2N2O3S. The lowest BCUT2D eigenvalue weighted by Crippen LogP contribution is -2.26. The summed E-state index contributed by atoms with van der Waals surface area (Å²) < 4.78 is 54.5. The number of aryl methyl sites for hydroxylation is 1. The van der Waals surface area contributed by atoms with Crippen molar-refractivity contribution in [2.75, 3.05) is 0 Å². The summed E-state index contributed by atoms with van der Waals surface area (Å²) in [5.74, 6) is -2.04. The van der Waals surface area contributed by atoms with Gasteiger partial charge in [-0.05, 0) is 47.9 Å². The summed E-state index contributed by atoms with van der Waals surface area (Å²) >= 11 is 0. The highest BCUT2D eigenvalue weighted by Crippen LogP contribution is 2.18. The highest BCUT2D eigenvalue weighted by molar-refractivity contribution is 7.89. The van der Waals surface area contributed by atoms with Crippen LogP contribution in [0.15, 0.2) is 71.6 Å². The molecule has 2 N–H and O–H groups in total. The van der Waals surface area contributed by atoms with Crippen LogP contribution in [0.3, 0.4) is 0 Å². The molecule has 0 spiro atoms. The highest BCUT2D eigenvalue weighted by atomic mass is 32.2. The predicted molar refractivity (Wildman–Crippen MR) is 109 cm³/mol. The van der Waals surface area contributed by atoms with Gasteiger partial charge in [0.2, 0.25) is 10.0 Å². The van der Waals surface area contributed by atoms with E-state index in [4.69, 9.17) is 0 Å². The van der Waals surface area contributed by atoms with Gasteiger partial charge in [-0.2, -0.15) is 0 Å². The van der Waals surface area contributed by atoms with Crippen molar-refractivity contribution in [1.82, 2.24) is 10.0 Å². The standard InChI is InChI=1S/C22H20F2N2O3S/c1-15-7-8-18(22(27)25-13-17-9-19(23)12-20(24)10-17)11-21(15)30(28,29)26-14-16-5-3-2-4-6-16/h2-12,26H,13-14H2,1H3,(H,25,27). The zero-order chi connectivity index (χ0) is 21.7. The summed E-state index contributed by atoms with van der Waals surface area (Å²) in [4.78, 5) is 12.4. The van der Waals surface area contributed by atoms with Gasteiger partial charge in [-0.15, -0.1) is 0 Å². The van der Waals surface area contributed by atoms with E-state index in [2.05, 4.69) is 10.0 Å². The molecule has 0 fully saturated rings. The van der Waals surface area contributed by atoms with E-state index in [1.54, 1.807) is 19.1 Å². The Balaban J connectivity index is 1.74. The Morgan fingerprint density at radius 1 is 0.867 bits per heavy atom. The Labute approximate surface area is 173 Å². The number of amides is 1. The number of rotatable bonds is 7. The Hall–Kier alpha value is -3.10. The highest BCUT2D eigenvalue weighted by Gasteiger charge is 2.19. The minimum Gasteiger partial charge on any atom is -0.348 e. The van der Waals surface area contributed by atoms with Crippen LogP contribution in [0.1, 0.15) is 27.0 Å². The molecule has 3 rings (SSSR count). The fourth-order valence-corrected chi connectivity index (χ4v) is 4.17. The van der Waals surface area contributed by atoms with Gasteiger partial charge in [-0.25, -0.2) is 21.9 Å². The number of hydrogen-bond acceptors (Lipinski definition) is 3. The quantitative estimate of drug-likeness (QED) is 0.601. The van der Waals surface area contributed by atoms with E-state index in [0.29, 0.717) is 5.56 Å². The molecule has 5 nitrogen and oxygen atoms in total.